The highest BCUT2D eigenvalue weighted by molar-refractivity contribution is 6.30. The van der Waals surface area contributed by atoms with E-state index in [1.54, 1.807) is 23.1 Å². The van der Waals surface area contributed by atoms with Crippen LogP contribution >= 0.6 is 11.6 Å². The van der Waals surface area contributed by atoms with Gasteiger partial charge in [0.05, 0.1) is 11.6 Å². The summed E-state index contributed by atoms with van der Waals surface area (Å²) < 4.78 is 32.2. The molecule has 0 radical (unpaired) electrons. The third-order valence-electron chi connectivity index (χ3n) is 4.76. The maximum atomic E-state index is 13.8. The number of halogens is 3. The number of benzene rings is 2. The average molecular weight is 419 g/mol. The van der Waals surface area contributed by atoms with Gasteiger partial charge in [-0.1, -0.05) is 28.9 Å². The number of rotatable bonds is 3. The van der Waals surface area contributed by atoms with Gasteiger partial charge in [0, 0.05) is 29.7 Å². The lowest BCUT2D eigenvalue weighted by Gasteiger charge is -2.31. The number of hydrogen-bond acceptors (Lipinski definition) is 4. The fourth-order valence-corrected chi connectivity index (χ4v) is 3.48. The molecule has 0 aliphatic carbocycles. The summed E-state index contributed by atoms with van der Waals surface area (Å²) in [6.07, 6.45) is 1.52. The van der Waals surface area contributed by atoms with Crippen LogP contribution in [-0.2, 0) is 0 Å². The van der Waals surface area contributed by atoms with Crippen LogP contribution in [0.25, 0.3) is 11.4 Å². The Morgan fingerprint density at radius 2 is 2.10 bits per heavy atom. The molecule has 1 saturated heterocycles. The van der Waals surface area contributed by atoms with Crippen LogP contribution in [0.4, 0.5) is 19.3 Å². The molecule has 1 atom stereocenters. The molecule has 2 amide bonds. The van der Waals surface area contributed by atoms with Crippen molar-refractivity contribution in [2.75, 3.05) is 18.4 Å². The lowest BCUT2D eigenvalue weighted by Crippen LogP contribution is -2.41. The van der Waals surface area contributed by atoms with Crippen LogP contribution in [0.1, 0.15) is 24.7 Å². The van der Waals surface area contributed by atoms with E-state index in [9.17, 15) is 13.6 Å². The Morgan fingerprint density at radius 1 is 1.24 bits per heavy atom. The number of carbonyl (C=O) groups excluding carboxylic acids is 1. The molecule has 1 aromatic heterocycles. The van der Waals surface area contributed by atoms with Crippen molar-refractivity contribution in [3.8, 4) is 11.4 Å². The summed E-state index contributed by atoms with van der Waals surface area (Å²) >= 11 is 6.01. The molecule has 0 spiro atoms. The summed E-state index contributed by atoms with van der Waals surface area (Å²) in [5.41, 5.74) is 0.671. The molecule has 2 heterocycles. The van der Waals surface area contributed by atoms with Gasteiger partial charge in [0.25, 0.3) is 0 Å². The maximum absolute atomic E-state index is 13.8. The van der Waals surface area contributed by atoms with Crippen molar-refractivity contribution in [2.45, 2.75) is 18.8 Å². The highest BCUT2D eigenvalue weighted by atomic mass is 35.5. The van der Waals surface area contributed by atoms with Crippen molar-refractivity contribution in [1.82, 2.24) is 15.0 Å². The van der Waals surface area contributed by atoms with Gasteiger partial charge in [-0.25, -0.2) is 13.6 Å². The molecule has 150 valence electrons. The first kappa shape index (κ1) is 19.3. The zero-order valence-corrected chi connectivity index (χ0v) is 16.0. The molecule has 2 aromatic carbocycles. The predicted molar refractivity (Wildman–Crippen MR) is 104 cm³/mol. The molecule has 29 heavy (non-hydrogen) atoms. The monoisotopic (exact) mass is 418 g/mol. The third-order valence-corrected chi connectivity index (χ3v) is 4.99. The van der Waals surface area contributed by atoms with Crippen LogP contribution in [-0.4, -0.2) is 34.2 Å². The second kappa shape index (κ2) is 8.16. The van der Waals surface area contributed by atoms with E-state index in [0.717, 1.165) is 30.5 Å². The van der Waals surface area contributed by atoms with E-state index in [2.05, 4.69) is 15.5 Å². The first-order valence-corrected chi connectivity index (χ1v) is 9.48. The molecule has 1 aliphatic heterocycles. The van der Waals surface area contributed by atoms with Crippen molar-refractivity contribution in [1.29, 1.82) is 0 Å². The second-order valence-corrected chi connectivity index (χ2v) is 7.24. The van der Waals surface area contributed by atoms with E-state index in [1.807, 2.05) is 6.07 Å². The quantitative estimate of drug-likeness (QED) is 0.643. The fourth-order valence-electron chi connectivity index (χ4n) is 3.29. The van der Waals surface area contributed by atoms with Gasteiger partial charge in [0.15, 0.2) is 0 Å². The van der Waals surface area contributed by atoms with Crippen molar-refractivity contribution in [3.63, 3.8) is 0 Å². The van der Waals surface area contributed by atoms with Crippen molar-refractivity contribution < 1.29 is 18.1 Å². The summed E-state index contributed by atoms with van der Waals surface area (Å²) in [4.78, 5) is 18.5. The summed E-state index contributed by atoms with van der Waals surface area (Å²) in [7, 11) is 0. The molecule has 0 saturated carbocycles. The van der Waals surface area contributed by atoms with Crippen LogP contribution in [0.2, 0.25) is 5.02 Å². The Labute approximate surface area is 170 Å². The SMILES string of the molecule is O=C(Nc1ccc(F)cc1F)N1CCCC(c2nc(-c3cccc(Cl)c3)no2)C1. The van der Waals surface area contributed by atoms with Gasteiger partial charge in [-0.3, -0.25) is 0 Å². The Morgan fingerprint density at radius 3 is 2.90 bits per heavy atom. The molecule has 1 aliphatic rings. The number of piperidine rings is 1. The number of amides is 2. The van der Waals surface area contributed by atoms with Crippen LogP contribution in [0.15, 0.2) is 47.0 Å². The normalized spacial score (nSPS) is 16.7. The lowest BCUT2D eigenvalue weighted by atomic mass is 9.98. The summed E-state index contributed by atoms with van der Waals surface area (Å²) in [6, 6.07) is 9.68. The largest absolute Gasteiger partial charge is 0.339 e. The number of carbonyl (C=O) groups is 1. The number of anilines is 1. The van der Waals surface area contributed by atoms with E-state index in [-0.39, 0.29) is 11.6 Å². The molecular formula is C20H17ClF2N4O2. The second-order valence-electron chi connectivity index (χ2n) is 6.81. The van der Waals surface area contributed by atoms with Crippen molar-refractivity contribution in [2.24, 2.45) is 0 Å². The summed E-state index contributed by atoms with van der Waals surface area (Å²) in [5.74, 6) is -0.795. The van der Waals surface area contributed by atoms with E-state index >= 15 is 0 Å². The van der Waals surface area contributed by atoms with Gasteiger partial charge < -0.3 is 14.7 Å². The zero-order chi connectivity index (χ0) is 20.4. The van der Waals surface area contributed by atoms with Crippen LogP contribution in [0, 0.1) is 11.6 Å². The summed E-state index contributed by atoms with van der Waals surface area (Å²) in [6.45, 7) is 0.867. The molecule has 0 bridgehead atoms. The minimum absolute atomic E-state index is 0.0699. The molecule has 4 rings (SSSR count). The molecule has 3 aromatic rings. The van der Waals surface area contributed by atoms with E-state index in [4.69, 9.17) is 16.1 Å². The average Bonchev–Trinajstić information content (AvgIpc) is 3.20. The molecule has 1 fully saturated rings. The zero-order valence-electron chi connectivity index (χ0n) is 15.2. The fraction of sp³-hybridized carbons (Fsp3) is 0.250. The van der Waals surface area contributed by atoms with Gasteiger partial charge in [-0.2, -0.15) is 4.98 Å². The number of urea groups is 1. The highest BCUT2D eigenvalue weighted by Gasteiger charge is 2.29. The standard InChI is InChI=1S/C20H17ClF2N4O2/c21-14-5-1-3-12(9-14)18-25-19(29-26-18)13-4-2-8-27(11-13)20(28)24-17-7-6-15(22)10-16(17)23/h1,3,5-7,9-10,13H,2,4,8,11H2,(H,24,28). The topological polar surface area (TPSA) is 71.3 Å². The molecule has 9 heteroatoms. The van der Waals surface area contributed by atoms with Gasteiger partial charge in [0.2, 0.25) is 11.7 Å². The predicted octanol–water partition coefficient (Wildman–Crippen LogP) is 5.08. The van der Waals surface area contributed by atoms with Gasteiger partial charge in [-0.15, -0.1) is 0 Å². The molecule has 1 N–H and O–H groups in total. The molecule has 6 nitrogen and oxygen atoms in total. The number of hydrogen-bond donors (Lipinski definition) is 1. The van der Waals surface area contributed by atoms with Crippen molar-refractivity contribution >= 4 is 23.3 Å². The van der Waals surface area contributed by atoms with E-state index in [0.29, 0.717) is 29.8 Å². The Kier molecular flexibility index (Phi) is 5.44. The Balaban J connectivity index is 1.45. The van der Waals surface area contributed by atoms with E-state index in [1.165, 1.54) is 6.07 Å². The van der Waals surface area contributed by atoms with Gasteiger partial charge in [-0.05, 0) is 37.1 Å². The van der Waals surface area contributed by atoms with Crippen molar-refractivity contribution in [3.05, 3.63) is 65.0 Å². The number of aromatic nitrogens is 2. The smallest absolute Gasteiger partial charge is 0.321 e. The maximum Gasteiger partial charge on any atom is 0.321 e. The van der Waals surface area contributed by atoms with Gasteiger partial charge in [0.1, 0.15) is 11.6 Å². The lowest BCUT2D eigenvalue weighted by molar-refractivity contribution is 0.184. The minimum Gasteiger partial charge on any atom is -0.339 e. The van der Waals surface area contributed by atoms with Crippen LogP contribution < -0.4 is 5.32 Å². The Hall–Kier alpha value is -3.00. The van der Waals surface area contributed by atoms with Crippen LogP contribution in [0.5, 0.6) is 0 Å². The molecule has 1 unspecified atom stereocenters. The highest BCUT2D eigenvalue weighted by Crippen LogP contribution is 2.29. The van der Waals surface area contributed by atoms with Crippen LogP contribution in [0.3, 0.4) is 0 Å². The first-order valence-electron chi connectivity index (χ1n) is 9.10. The van der Waals surface area contributed by atoms with Gasteiger partial charge >= 0.3 is 6.03 Å². The van der Waals surface area contributed by atoms with E-state index < -0.39 is 17.7 Å². The Bertz CT molecular complexity index is 1040. The summed E-state index contributed by atoms with van der Waals surface area (Å²) in [5, 5.41) is 7.06. The number of nitrogens with one attached hydrogen (secondary N) is 1. The number of nitrogens with zero attached hydrogens (tertiary/aromatic N) is 3. The molecular weight excluding hydrogens is 402 g/mol. The first-order chi connectivity index (χ1) is 14.0. The number of likely N-dealkylation sites (tertiary alicyclic amines) is 1. The minimum atomic E-state index is -0.824. The third kappa shape index (κ3) is 4.37.